The Hall–Kier alpha value is -2.13. The summed E-state index contributed by atoms with van der Waals surface area (Å²) in [5.41, 5.74) is 0.617. The first-order valence-electron chi connectivity index (χ1n) is 9.00. The molecule has 0 saturated carbocycles. The van der Waals surface area contributed by atoms with Crippen LogP contribution in [0.5, 0.6) is 5.75 Å². The number of esters is 1. The average Bonchev–Trinajstić information content (AvgIpc) is 2.71. The first-order valence-corrected chi connectivity index (χ1v) is 10.6. The highest BCUT2D eigenvalue weighted by molar-refractivity contribution is 7.89. The summed E-state index contributed by atoms with van der Waals surface area (Å²) in [4.78, 5) is 26.7. The summed E-state index contributed by atoms with van der Waals surface area (Å²) >= 11 is 0. The van der Waals surface area contributed by atoms with Gasteiger partial charge in [0.15, 0.2) is 0 Å². The first-order chi connectivity index (χ1) is 12.9. The summed E-state index contributed by atoms with van der Waals surface area (Å²) in [6, 6.07) is 7.06. The standard InChI is InChI=1S/C18H24N2O6S/c1-3-27(23,24)19-10-8-13(9-11-19)17(21)20-12-16(18(22)25-2)26-15-7-5-4-6-14(15)20/h4-7,13,16H,3,8-12H2,1-2H3. The number of piperidine rings is 1. The minimum Gasteiger partial charge on any atom is -0.475 e. The molecule has 0 aromatic heterocycles. The van der Waals surface area contributed by atoms with Gasteiger partial charge < -0.3 is 14.4 Å². The molecule has 1 fully saturated rings. The highest BCUT2D eigenvalue weighted by Gasteiger charge is 2.38. The molecule has 0 radical (unpaired) electrons. The number of anilines is 1. The van der Waals surface area contributed by atoms with Gasteiger partial charge in [-0.25, -0.2) is 17.5 Å². The molecule has 1 aromatic carbocycles. The van der Waals surface area contributed by atoms with Gasteiger partial charge in [0.1, 0.15) is 5.75 Å². The van der Waals surface area contributed by atoms with Gasteiger partial charge in [-0.05, 0) is 31.9 Å². The van der Waals surface area contributed by atoms with Gasteiger partial charge >= 0.3 is 5.97 Å². The van der Waals surface area contributed by atoms with Crippen LogP contribution in [0.1, 0.15) is 19.8 Å². The van der Waals surface area contributed by atoms with Crippen LogP contribution in [-0.2, 0) is 24.3 Å². The van der Waals surface area contributed by atoms with Crippen molar-refractivity contribution in [3.05, 3.63) is 24.3 Å². The van der Waals surface area contributed by atoms with Crippen molar-refractivity contribution in [2.24, 2.45) is 5.92 Å². The van der Waals surface area contributed by atoms with Crippen LogP contribution in [-0.4, -0.2) is 63.2 Å². The first kappa shape index (κ1) is 19.6. The number of amides is 1. The van der Waals surface area contributed by atoms with Crippen molar-refractivity contribution < 1.29 is 27.5 Å². The number of fused-ring (bicyclic) bond motifs is 1. The second-order valence-electron chi connectivity index (χ2n) is 6.62. The summed E-state index contributed by atoms with van der Waals surface area (Å²) in [5, 5.41) is 0. The van der Waals surface area contributed by atoms with Crippen LogP contribution < -0.4 is 9.64 Å². The number of methoxy groups -OCH3 is 1. The molecule has 8 nitrogen and oxygen atoms in total. The molecule has 148 valence electrons. The second kappa shape index (κ2) is 7.85. The molecule has 27 heavy (non-hydrogen) atoms. The normalized spacial score (nSPS) is 21.3. The van der Waals surface area contributed by atoms with Gasteiger partial charge in [-0.3, -0.25) is 4.79 Å². The molecule has 2 aliphatic heterocycles. The molecule has 0 N–H and O–H groups in total. The molecule has 2 heterocycles. The number of carbonyl (C=O) groups is 2. The van der Waals surface area contributed by atoms with Crippen LogP contribution in [0.25, 0.3) is 0 Å². The maximum absolute atomic E-state index is 13.1. The van der Waals surface area contributed by atoms with Crippen LogP contribution >= 0.6 is 0 Å². The Balaban J connectivity index is 1.77. The highest BCUT2D eigenvalue weighted by atomic mass is 32.2. The lowest BCUT2D eigenvalue weighted by atomic mass is 9.95. The van der Waals surface area contributed by atoms with E-state index >= 15 is 0 Å². The van der Waals surface area contributed by atoms with Crippen LogP contribution in [0.2, 0.25) is 0 Å². The Morgan fingerprint density at radius 2 is 1.89 bits per heavy atom. The zero-order valence-corrected chi connectivity index (χ0v) is 16.3. The van der Waals surface area contributed by atoms with Crippen LogP contribution in [0.15, 0.2) is 24.3 Å². The number of nitrogens with zero attached hydrogens (tertiary/aromatic N) is 2. The summed E-state index contributed by atoms with van der Waals surface area (Å²) in [6.45, 7) is 2.36. The molecule has 1 unspecified atom stereocenters. The van der Waals surface area contributed by atoms with Crippen molar-refractivity contribution in [2.75, 3.05) is 37.4 Å². The maximum atomic E-state index is 13.1. The third-order valence-corrected chi connectivity index (χ3v) is 6.95. The lowest BCUT2D eigenvalue weighted by Crippen LogP contribution is -2.51. The highest BCUT2D eigenvalue weighted by Crippen LogP contribution is 2.35. The topological polar surface area (TPSA) is 93.2 Å². The molecule has 0 bridgehead atoms. The second-order valence-corrected chi connectivity index (χ2v) is 8.88. The average molecular weight is 396 g/mol. The van der Waals surface area contributed by atoms with Crippen molar-refractivity contribution >= 4 is 27.6 Å². The van der Waals surface area contributed by atoms with Crippen LogP contribution in [0, 0.1) is 5.92 Å². The number of sulfonamides is 1. The van der Waals surface area contributed by atoms with Gasteiger partial charge in [0.25, 0.3) is 0 Å². The van der Waals surface area contributed by atoms with Crippen molar-refractivity contribution in [2.45, 2.75) is 25.9 Å². The van der Waals surface area contributed by atoms with E-state index in [1.165, 1.54) is 11.4 Å². The molecule has 1 amide bonds. The third kappa shape index (κ3) is 3.93. The summed E-state index contributed by atoms with van der Waals surface area (Å²) in [7, 11) is -1.96. The molecule has 9 heteroatoms. The van der Waals surface area contributed by atoms with E-state index in [4.69, 9.17) is 9.47 Å². The summed E-state index contributed by atoms with van der Waals surface area (Å²) in [6.07, 6.45) is 0.0374. The number of benzene rings is 1. The quantitative estimate of drug-likeness (QED) is 0.706. The summed E-state index contributed by atoms with van der Waals surface area (Å²) < 4.78 is 35.9. The number of rotatable bonds is 4. The molecule has 1 atom stereocenters. The molecule has 1 saturated heterocycles. The Morgan fingerprint density at radius 1 is 1.22 bits per heavy atom. The van der Waals surface area contributed by atoms with E-state index in [0.29, 0.717) is 37.4 Å². The van der Waals surface area contributed by atoms with E-state index in [0.717, 1.165) is 0 Å². The third-order valence-electron chi connectivity index (χ3n) is 5.07. The zero-order chi connectivity index (χ0) is 19.6. The molecule has 0 spiro atoms. The van der Waals surface area contributed by atoms with E-state index in [2.05, 4.69) is 0 Å². The lowest BCUT2D eigenvalue weighted by molar-refractivity contribution is -0.148. The van der Waals surface area contributed by atoms with Gasteiger partial charge in [-0.15, -0.1) is 0 Å². The van der Waals surface area contributed by atoms with E-state index in [9.17, 15) is 18.0 Å². The van der Waals surface area contributed by atoms with Crippen molar-refractivity contribution in [3.63, 3.8) is 0 Å². The van der Waals surface area contributed by atoms with Gasteiger partial charge in [0.05, 0.1) is 25.1 Å². The molecular weight excluding hydrogens is 372 g/mol. The minimum atomic E-state index is -3.24. The lowest BCUT2D eigenvalue weighted by Gasteiger charge is -2.37. The SMILES string of the molecule is CCS(=O)(=O)N1CCC(C(=O)N2CC(C(=O)OC)Oc3ccccc32)CC1. The maximum Gasteiger partial charge on any atom is 0.348 e. The fraction of sp³-hybridized carbons (Fsp3) is 0.556. The Morgan fingerprint density at radius 3 is 2.52 bits per heavy atom. The molecule has 1 aromatic rings. The number of hydrogen-bond donors (Lipinski definition) is 0. The molecule has 2 aliphatic rings. The zero-order valence-electron chi connectivity index (χ0n) is 15.5. The minimum absolute atomic E-state index is 0.0588. The van der Waals surface area contributed by atoms with Gasteiger partial charge in [-0.1, -0.05) is 12.1 Å². The number of hydrogen-bond acceptors (Lipinski definition) is 6. The van der Waals surface area contributed by atoms with Gasteiger partial charge in [-0.2, -0.15) is 0 Å². The fourth-order valence-electron chi connectivity index (χ4n) is 3.48. The Bertz CT molecular complexity index is 817. The molecule has 3 rings (SSSR count). The van der Waals surface area contributed by atoms with Crippen molar-refractivity contribution in [1.29, 1.82) is 0 Å². The number of para-hydroxylation sites is 2. The van der Waals surface area contributed by atoms with Gasteiger partial charge in [0, 0.05) is 19.0 Å². The molecule has 0 aliphatic carbocycles. The fourth-order valence-corrected chi connectivity index (χ4v) is 4.61. The van der Waals surface area contributed by atoms with Crippen molar-refractivity contribution in [1.82, 2.24) is 4.31 Å². The van der Waals surface area contributed by atoms with E-state index < -0.39 is 22.1 Å². The largest absolute Gasteiger partial charge is 0.475 e. The van der Waals surface area contributed by atoms with E-state index in [1.807, 2.05) is 0 Å². The smallest absolute Gasteiger partial charge is 0.348 e. The monoisotopic (exact) mass is 396 g/mol. The predicted molar refractivity (Wildman–Crippen MR) is 99.0 cm³/mol. The summed E-state index contributed by atoms with van der Waals surface area (Å²) in [5.74, 6) is -0.431. The van der Waals surface area contributed by atoms with Crippen LogP contribution in [0.4, 0.5) is 5.69 Å². The van der Waals surface area contributed by atoms with Crippen molar-refractivity contribution in [3.8, 4) is 5.75 Å². The van der Waals surface area contributed by atoms with E-state index in [1.54, 1.807) is 36.1 Å². The molecular formula is C18H24N2O6S. The van der Waals surface area contributed by atoms with Gasteiger partial charge in [0.2, 0.25) is 22.0 Å². The Labute approximate surface area is 159 Å². The van der Waals surface area contributed by atoms with E-state index in [-0.39, 0.29) is 24.1 Å². The number of ether oxygens (including phenoxy) is 2. The van der Waals surface area contributed by atoms with Crippen LogP contribution in [0.3, 0.4) is 0 Å². The number of carbonyl (C=O) groups excluding carboxylic acids is 2. The Kier molecular flexibility index (Phi) is 5.71. The predicted octanol–water partition coefficient (Wildman–Crippen LogP) is 1.02.